The molecule has 1 saturated carbocycles. The van der Waals surface area contributed by atoms with Gasteiger partial charge in [-0.1, -0.05) is 60.2 Å². The van der Waals surface area contributed by atoms with E-state index in [1.54, 1.807) is 5.57 Å². The van der Waals surface area contributed by atoms with Crippen LogP contribution in [0, 0.1) is 5.92 Å². The average Bonchev–Trinajstić information content (AvgIpc) is 3.50. The Balaban J connectivity index is 1.20. The summed E-state index contributed by atoms with van der Waals surface area (Å²) in [4.78, 5) is 0. The van der Waals surface area contributed by atoms with E-state index in [1.807, 2.05) is 0 Å². The van der Waals surface area contributed by atoms with E-state index < -0.39 is 0 Å². The van der Waals surface area contributed by atoms with Crippen LogP contribution in [0.1, 0.15) is 35.2 Å². The number of allylic oxidation sites excluding steroid dienone is 1. The number of para-hydroxylation sites is 2. The summed E-state index contributed by atoms with van der Waals surface area (Å²) in [6, 6.07) is 40.9. The number of nitrogens with zero attached hydrogens (tertiary/aromatic N) is 2. The Labute approximate surface area is 245 Å². The Morgan fingerprint density at radius 3 is 1.81 bits per heavy atom. The molecule has 7 aromatic rings. The minimum absolute atomic E-state index is 0.727. The van der Waals surface area contributed by atoms with Crippen molar-refractivity contribution in [1.29, 1.82) is 0 Å². The zero-order chi connectivity index (χ0) is 27.4. The highest BCUT2D eigenvalue weighted by atomic mass is 15.0. The molecule has 0 aliphatic heterocycles. The van der Waals surface area contributed by atoms with Gasteiger partial charge in [-0.15, -0.1) is 0 Å². The molecule has 5 aromatic carbocycles. The predicted molar refractivity (Wildman–Crippen MR) is 175 cm³/mol. The maximum absolute atomic E-state index is 2.52. The Morgan fingerprint density at radius 2 is 1.14 bits per heavy atom. The first-order valence-corrected chi connectivity index (χ1v) is 15.4. The SMILES string of the molecule is C1=C2CCC2Cc2c1c1cc(-c3ccc4c(c3)c3cc5c(cc3n4-c3ccccc3)CC5)ccc1n2-c1ccccc1. The van der Waals surface area contributed by atoms with Gasteiger partial charge in [-0.2, -0.15) is 0 Å². The van der Waals surface area contributed by atoms with Crippen LogP contribution in [0.5, 0.6) is 0 Å². The van der Waals surface area contributed by atoms with Gasteiger partial charge < -0.3 is 9.13 Å². The number of aryl methyl sites for hydroxylation is 2. The van der Waals surface area contributed by atoms with Crippen LogP contribution < -0.4 is 0 Å². The maximum atomic E-state index is 2.52. The largest absolute Gasteiger partial charge is 0.313 e. The molecule has 1 unspecified atom stereocenters. The highest BCUT2D eigenvalue weighted by Gasteiger charge is 2.32. The van der Waals surface area contributed by atoms with E-state index in [9.17, 15) is 0 Å². The summed E-state index contributed by atoms with van der Waals surface area (Å²) >= 11 is 0. The molecule has 0 bridgehead atoms. The van der Waals surface area contributed by atoms with Crippen LogP contribution in [0.25, 0.3) is 61.3 Å². The van der Waals surface area contributed by atoms with Crippen LogP contribution in [-0.2, 0) is 19.3 Å². The summed E-state index contributed by atoms with van der Waals surface area (Å²) < 4.78 is 4.97. The third-order valence-electron chi connectivity index (χ3n) is 10.3. The molecule has 200 valence electrons. The predicted octanol–water partition coefficient (Wildman–Crippen LogP) is 9.84. The first-order valence-electron chi connectivity index (χ1n) is 15.4. The van der Waals surface area contributed by atoms with Crippen LogP contribution >= 0.6 is 0 Å². The molecule has 2 heteroatoms. The van der Waals surface area contributed by atoms with Gasteiger partial charge in [-0.05, 0) is 121 Å². The number of fused-ring (bicyclic) bond motifs is 8. The lowest BCUT2D eigenvalue weighted by Crippen LogP contribution is -2.22. The van der Waals surface area contributed by atoms with Gasteiger partial charge in [0, 0.05) is 38.8 Å². The van der Waals surface area contributed by atoms with Crippen molar-refractivity contribution in [3.05, 3.63) is 137 Å². The number of hydrogen-bond donors (Lipinski definition) is 0. The van der Waals surface area contributed by atoms with E-state index in [4.69, 9.17) is 0 Å². The molecule has 2 nitrogen and oxygen atoms in total. The zero-order valence-corrected chi connectivity index (χ0v) is 23.5. The van der Waals surface area contributed by atoms with Crippen molar-refractivity contribution >= 4 is 38.8 Å². The van der Waals surface area contributed by atoms with Gasteiger partial charge in [-0.3, -0.25) is 0 Å². The normalized spacial score (nSPS) is 17.0. The van der Waals surface area contributed by atoms with E-state index in [2.05, 4.69) is 124 Å². The van der Waals surface area contributed by atoms with Crippen molar-refractivity contribution < 1.29 is 0 Å². The van der Waals surface area contributed by atoms with Gasteiger partial charge in [0.15, 0.2) is 0 Å². The molecule has 0 amide bonds. The second-order valence-electron chi connectivity index (χ2n) is 12.5. The number of hydrogen-bond acceptors (Lipinski definition) is 0. The van der Waals surface area contributed by atoms with Gasteiger partial charge in [-0.25, -0.2) is 0 Å². The molecule has 10 rings (SSSR count). The smallest absolute Gasteiger partial charge is 0.0544 e. The summed E-state index contributed by atoms with van der Waals surface area (Å²) in [5.41, 5.74) is 16.5. The van der Waals surface area contributed by atoms with Crippen LogP contribution in [-0.4, -0.2) is 9.13 Å². The first-order chi connectivity index (χ1) is 20.8. The van der Waals surface area contributed by atoms with Crippen molar-refractivity contribution in [1.82, 2.24) is 9.13 Å². The third kappa shape index (κ3) is 3.10. The molecule has 0 spiro atoms. The van der Waals surface area contributed by atoms with Crippen molar-refractivity contribution in [2.24, 2.45) is 5.92 Å². The molecule has 0 saturated heterocycles. The quantitative estimate of drug-likeness (QED) is 0.212. The first kappa shape index (κ1) is 22.8. The Hall–Kier alpha value is -4.82. The lowest BCUT2D eigenvalue weighted by Gasteiger charge is -2.34. The van der Waals surface area contributed by atoms with Crippen LogP contribution in [0.3, 0.4) is 0 Å². The van der Waals surface area contributed by atoms with Gasteiger partial charge in [0.25, 0.3) is 0 Å². The highest BCUT2D eigenvalue weighted by molar-refractivity contribution is 6.11. The molecule has 42 heavy (non-hydrogen) atoms. The Kier molecular flexibility index (Phi) is 4.54. The summed E-state index contributed by atoms with van der Waals surface area (Å²) in [6.07, 6.45) is 8.64. The van der Waals surface area contributed by atoms with Crippen molar-refractivity contribution in [3.8, 4) is 22.5 Å². The van der Waals surface area contributed by atoms with E-state index in [0.717, 1.165) is 12.3 Å². The minimum atomic E-state index is 0.727. The molecular weight excluding hydrogens is 508 g/mol. The van der Waals surface area contributed by atoms with Gasteiger partial charge in [0.1, 0.15) is 0 Å². The topological polar surface area (TPSA) is 9.86 Å². The number of benzene rings is 5. The van der Waals surface area contributed by atoms with E-state index in [-0.39, 0.29) is 0 Å². The summed E-state index contributed by atoms with van der Waals surface area (Å²) in [5.74, 6) is 0.727. The highest BCUT2D eigenvalue weighted by Crippen LogP contribution is 2.46. The average molecular weight is 539 g/mol. The lowest BCUT2D eigenvalue weighted by molar-refractivity contribution is 0.434. The van der Waals surface area contributed by atoms with Crippen LogP contribution in [0.15, 0.2) is 115 Å². The molecule has 0 radical (unpaired) electrons. The van der Waals surface area contributed by atoms with Gasteiger partial charge >= 0.3 is 0 Å². The second-order valence-corrected chi connectivity index (χ2v) is 12.5. The fraction of sp³-hybridized carbons (Fsp3) is 0.150. The summed E-state index contributed by atoms with van der Waals surface area (Å²) in [5, 5.41) is 4.07. The van der Waals surface area contributed by atoms with E-state index in [0.29, 0.717) is 0 Å². The lowest BCUT2D eigenvalue weighted by atomic mass is 9.72. The van der Waals surface area contributed by atoms with Crippen molar-refractivity contribution in [2.75, 3.05) is 0 Å². The van der Waals surface area contributed by atoms with Crippen molar-refractivity contribution in [2.45, 2.75) is 32.1 Å². The molecule has 1 atom stereocenters. The Bertz CT molecular complexity index is 2260. The molecular formula is C40H30N2. The zero-order valence-electron chi connectivity index (χ0n) is 23.5. The number of aromatic nitrogens is 2. The summed E-state index contributed by atoms with van der Waals surface area (Å²) in [6.45, 7) is 0. The standard InChI is InChI=1S/C40H30N2/c1-3-7-31(8-4-1)41-37-17-15-27(19-33(37)35-21-25-11-13-29(25)23-39(35)41)28-16-18-38-34(20-28)36-22-26-12-14-30(26)24-40(36)42(38)32-9-5-2-6-10-32/h1-10,15-23,30H,11-14,24H2. The van der Waals surface area contributed by atoms with Crippen LogP contribution in [0.2, 0.25) is 0 Å². The fourth-order valence-corrected chi connectivity index (χ4v) is 7.89. The minimum Gasteiger partial charge on any atom is -0.313 e. The van der Waals surface area contributed by atoms with Gasteiger partial charge in [0.2, 0.25) is 0 Å². The Morgan fingerprint density at radius 1 is 0.524 bits per heavy atom. The van der Waals surface area contributed by atoms with Crippen molar-refractivity contribution in [3.63, 3.8) is 0 Å². The molecule has 2 heterocycles. The molecule has 1 fully saturated rings. The third-order valence-corrected chi connectivity index (χ3v) is 10.3. The molecule has 3 aliphatic rings. The monoisotopic (exact) mass is 538 g/mol. The molecule has 0 N–H and O–H groups in total. The second kappa shape index (κ2) is 8.36. The molecule has 2 aromatic heterocycles. The van der Waals surface area contributed by atoms with Crippen LogP contribution in [0.4, 0.5) is 0 Å². The molecule has 3 aliphatic carbocycles. The van der Waals surface area contributed by atoms with E-state index in [1.165, 1.54) is 103 Å². The fourth-order valence-electron chi connectivity index (χ4n) is 7.89. The number of rotatable bonds is 3. The van der Waals surface area contributed by atoms with Gasteiger partial charge in [0.05, 0.1) is 16.6 Å². The summed E-state index contributed by atoms with van der Waals surface area (Å²) in [7, 11) is 0. The van der Waals surface area contributed by atoms with E-state index >= 15 is 0 Å². The maximum Gasteiger partial charge on any atom is 0.0544 e.